The fourth-order valence-corrected chi connectivity index (χ4v) is 2.88. The summed E-state index contributed by atoms with van der Waals surface area (Å²) in [6, 6.07) is 4.03. The Morgan fingerprint density at radius 2 is 1.71 bits per heavy atom. The van der Waals surface area contributed by atoms with Crippen LogP contribution in [0.3, 0.4) is 0 Å². The number of anilines is 1. The Bertz CT molecular complexity index is 928. The number of halogens is 3. The Labute approximate surface area is 161 Å². The molecule has 1 aromatic heterocycles. The van der Waals surface area contributed by atoms with Crippen LogP contribution in [0.1, 0.15) is 48.0 Å². The number of nitrogens with one attached hydrogen (secondary N) is 2. The highest BCUT2D eigenvalue weighted by molar-refractivity contribution is 6.05. The van der Waals surface area contributed by atoms with Crippen LogP contribution >= 0.6 is 0 Å². The highest BCUT2D eigenvalue weighted by atomic mass is 19.3. The third kappa shape index (κ3) is 4.37. The third-order valence-electron chi connectivity index (χ3n) is 4.17. The van der Waals surface area contributed by atoms with Gasteiger partial charge in [0, 0.05) is 24.5 Å². The number of nitrogens with zero attached hydrogens (tertiary/aromatic N) is 1. The molecule has 0 aliphatic heterocycles. The number of carbonyl (C=O) groups is 2. The predicted molar refractivity (Wildman–Crippen MR) is 101 cm³/mol. The summed E-state index contributed by atoms with van der Waals surface area (Å²) in [6.07, 6.45) is 1.24. The van der Waals surface area contributed by atoms with Gasteiger partial charge in [0.15, 0.2) is 0 Å². The zero-order valence-corrected chi connectivity index (χ0v) is 16.7. The minimum Gasteiger partial charge on any atom is -0.348 e. The van der Waals surface area contributed by atoms with Gasteiger partial charge < -0.3 is 15.2 Å². The Kier molecular flexibility index (Phi) is 5.64. The standard InChI is InChI=1S/C20H24F3N3O2/c1-11-9-13(7-8-15(11)21)24-17(27)14-10-26(6)16(12(14)2)20(22,23)18(28)25-19(3,4)5/h7-10H,1-6H3,(H,24,27)(H,25,28). The van der Waals surface area contributed by atoms with Crippen LogP contribution in [0, 0.1) is 19.7 Å². The quantitative estimate of drug-likeness (QED) is 0.821. The summed E-state index contributed by atoms with van der Waals surface area (Å²) in [5.74, 6) is -6.31. The van der Waals surface area contributed by atoms with E-state index in [1.807, 2.05) is 0 Å². The van der Waals surface area contributed by atoms with Crippen LogP contribution in [0.25, 0.3) is 0 Å². The summed E-state index contributed by atoms with van der Waals surface area (Å²) < 4.78 is 44.0. The smallest absolute Gasteiger partial charge is 0.348 e. The van der Waals surface area contributed by atoms with E-state index < -0.39 is 34.8 Å². The van der Waals surface area contributed by atoms with E-state index >= 15 is 0 Å². The highest BCUT2D eigenvalue weighted by Gasteiger charge is 2.46. The van der Waals surface area contributed by atoms with Crippen LogP contribution in [0.5, 0.6) is 0 Å². The first-order chi connectivity index (χ1) is 12.7. The van der Waals surface area contributed by atoms with Gasteiger partial charge in [0.2, 0.25) is 0 Å². The van der Waals surface area contributed by atoms with Crippen molar-refractivity contribution in [1.82, 2.24) is 9.88 Å². The minimum absolute atomic E-state index is 0.00251. The molecule has 152 valence electrons. The van der Waals surface area contributed by atoms with Crippen molar-refractivity contribution in [3.05, 3.63) is 52.6 Å². The molecule has 0 bridgehead atoms. The summed E-state index contributed by atoms with van der Waals surface area (Å²) >= 11 is 0. The van der Waals surface area contributed by atoms with E-state index in [1.165, 1.54) is 38.4 Å². The average molecular weight is 395 g/mol. The maximum atomic E-state index is 14.8. The van der Waals surface area contributed by atoms with Gasteiger partial charge in [-0.2, -0.15) is 8.78 Å². The van der Waals surface area contributed by atoms with Gasteiger partial charge >= 0.3 is 5.92 Å². The van der Waals surface area contributed by atoms with Gasteiger partial charge in [-0.05, 0) is 63.9 Å². The Hall–Kier alpha value is -2.77. The van der Waals surface area contributed by atoms with E-state index in [1.54, 1.807) is 27.7 Å². The van der Waals surface area contributed by atoms with Crippen molar-refractivity contribution < 1.29 is 22.8 Å². The van der Waals surface area contributed by atoms with E-state index in [2.05, 4.69) is 10.6 Å². The second kappa shape index (κ2) is 7.33. The summed E-state index contributed by atoms with van der Waals surface area (Å²) in [4.78, 5) is 24.7. The third-order valence-corrected chi connectivity index (χ3v) is 4.17. The SMILES string of the molecule is Cc1cc(NC(=O)c2cn(C)c(C(F)(F)C(=O)NC(C)(C)C)c2C)ccc1F. The van der Waals surface area contributed by atoms with Crippen molar-refractivity contribution in [2.24, 2.45) is 7.05 Å². The topological polar surface area (TPSA) is 63.1 Å². The number of amides is 2. The van der Waals surface area contributed by atoms with Gasteiger partial charge in [0.1, 0.15) is 11.5 Å². The molecule has 0 aliphatic rings. The molecule has 0 fully saturated rings. The van der Waals surface area contributed by atoms with Crippen LogP contribution in [0.15, 0.2) is 24.4 Å². The van der Waals surface area contributed by atoms with Gasteiger partial charge in [0.05, 0.1) is 5.56 Å². The summed E-state index contributed by atoms with van der Waals surface area (Å²) in [5.41, 5.74) is -0.717. The van der Waals surface area contributed by atoms with E-state index in [0.717, 1.165) is 4.57 Å². The molecule has 28 heavy (non-hydrogen) atoms. The molecular formula is C20H24F3N3O2. The van der Waals surface area contributed by atoms with E-state index in [4.69, 9.17) is 0 Å². The van der Waals surface area contributed by atoms with Gasteiger partial charge in [0.25, 0.3) is 11.8 Å². The molecule has 0 radical (unpaired) electrons. The molecule has 0 unspecified atom stereocenters. The van der Waals surface area contributed by atoms with Crippen molar-refractivity contribution in [3.8, 4) is 0 Å². The van der Waals surface area contributed by atoms with Crippen LogP contribution in [0.2, 0.25) is 0 Å². The van der Waals surface area contributed by atoms with Gasteiger partial charge in [-0.1, -0.05) is 0 Å². The van der Waals surface area contributed by atoms with Crippen LogP contribution < -0.4 is 10.6 Å². The minimum atomic E-state index is -3.82. The maximum Gasteiger partial charge on any atom is 0.364 e. The number of benzene rings is 1. The summed E-state index contributed by atoms with van der Waals surface area (Å²) in [6.45, 7) is 7.71. The van der Waals surface area contributed by atoms with Crippen molar-refractivity contribution in [2.45, 2.75) is 46.1 Å². The molecule has 0 saturated heterocycles. The molecule has 2 aromatic rings. The molecule has 2 rings (SSSR count). The molecule has 1 aromatic carbocycles. The normalized spacial score (nSPS) is 12.0. The molecule has 1 heterocycles. The predicted octanol–water partition coefficient (Wildman–Crippen LogP) is 4.04. The molecule has 8 heteroatoms. The number of aryl methyl sites for hydroxylation is 2. The molecule has 5 nitrogen and oxygen atoms in total. The van der Waals surface area contributed by atoms with Crippen molar-refractivity contribution >= 4 is 17.5 Å². The zero-order chi connectivity index (χ0) is 21.4. The van der Waals surface area contributed by atoms with E-state index in [0.29, 0.717) is 11.3 Å². The van der Waals surface area contributed by atoms with Crippen molar-refractivity contribution in [3.63, 3.8) is 0 Å². The number of carbonyl (C=O) groups excluding carboxylic acids is 2. The molecule has 0 aliphatic carbocycles. The van der Waals surface area contributed by atoms with Crippen molar-refractivity contribution in [2.75, 3.05) is 5.32 Å². The number of hydrogen-bond acceptors (Lipinski definition) is 2. The average Bonchev–Trinajstić information content (AvgIpc) is 2.84. The Morgan fingerprint density at radius 3 is 2.25 bits per heavy atom. The lowest BCUT2D eigenvalue weighted by Gasteiger charge is -2.25. The number of hydrogen-bond donors (Lipinski definition) is 2. The van der Waals surface area contributed by atoms with Gasteiger partial charge in [-0.25, -0.2) is 4.39 Å². The molecule has 0 spiro atoms. The van der Waals surface area contributed by atoms with Gasteiger partial charge in [-0.15, -0.1) is 0 Å². The number of aromatic nitrogens is 1. The Balaban J connectivity index is 2.35. The second-order valence-corrected chi connectivity index (χ2v) is 7.82. The first-order valence-corrected chi connectivity index (χ1v) is 8.68. The molecular weight excluding hydrogens is 371 g/mol. The number of rotatable bonds is 4. The zero-order valence-electron chi connectivity index (χ0n) is 16.7. The van der Waals surface area contributed by atoms with Crippen LogP contribution in [0.4, 0.5) is 18.9 Å². The summed E-state index contributed by atoms with van der Waals surface area (Å²) in [7, 11) is 1.35. The molecule has 0 atom stereocenters. The second-order valence-electron chi connectivity index (χ2n) is 7.82. The monoisotopic (exact) mass is 395 g/mol. The molecule has 0 saturated carbocycles. The lowest BCUT2D eigenvalue weighted by atomic mass is 10.0. The first-order valence-electron chi connectivity index (χ1n) is 8.68. The first kappa shape index (κ1) is 21.5. The summed E-state index contributed by atoms with van der Waals surface area (Å²) in [5, 5.41) is 4.83. The largest absolute Gasteiger partial charge is 0.364 e. The van der Waals surface area contributed by atoms with Crippen molar-refractivity contribution in [1.29, 1.82) is 0 Å². The van der Waals surface area contributed by atoms with E-state index in [9.17, 15) is 22.8 Å². The lowest BCUT2D eigenvalue weighted by molar-refractivity contribution is -0.149. The van der Waals surface area contributed by atoms with Crippen LogP contribution in [-0.2, 0) is 17.8 Å². The fourth-order valence-electron chi connectivity index (χ4n) is 2.88. The maximum absolute atomic E-state index is 14.8. The lowest BCUT2D eigenvalue weighted by Crippen LogP contribution is -2.48. The van der Waals surface area contributed by atoms with Crippen LogP contribution in [-0.4, -0.2) is 21.9 Å². The fraction of sp³-hybridized carbons (Fsp3) is 0.400. The highest BCUT2D eigenvalue weighted by Crippen LogP contribution is 2.34. The Morgan fingerprint density at radius 1 is 1.11 bits per heavy atom. The molecule has 2 amide bonds. The molecule has 2 N–H and O–H groups in total. The number of alkyl halides is 2. The van der Waals surface area contributed by atoms with Gasteiger partial charge in [-0.3, -0.25) is 9.59 Å². The van der Waals surface area contributed by atoms with E-state index in [-0.39, 0.29) is 11.1 Å².